The second-order valence-corrected chi connectivity index (χ2v) is 4.95. The Morgan fingerprint density at radius 1 is 1.11 bits per heavy atom. The van der Waals surface area contributed by atoms with Gasteiger partial charge in [-0.05, 0) is 34.0 Å². The van der Waals surface area contributed by atoms with E-state index in [0.29, 0.717) is 0 Å². The van der Waals surface area contributed by atoms with Crippen LogP contribution in [0.4, 0.5) is 0 Å². The largest absolute Gasteiger partial charge is 1.00 e. The molecule has 1 aliphatic carbocycles. The van der Waals surface area contributed by atoms with Crippen molar-refractivity contribution in [2.75, 3.05) is 0 Å². The molecule has 19 heavy (non-hydrogen) atoms. The van der Waals surface area contributed by atoms with Gasteiger partial charge in [0.25, 0.3) is 0 Å². The van der Waals surface area contributed by atoms with Gasteiger partial charge in [0.2, 0.25) is 0 Å². The Morgan fingerprint density at radius 2 is 1.79 bits per heavy atom. The van der Waals surface area contributed by atoms with Crippen LogP contribution in [-0.4, -0.2) is 11.0 Å². The maximum atomic E-state index is 13.2. The molecule has 1 aromatic heterocycles. The summed E-state index contributed by atoms with van der Waals surface area (Å²) >= 11 is 0. The normalized spacial score (nSPS) is 19.8. The van der Waals surface area contributed by atoms with Crippen molar-refractivity contribution < 1.29 is 24.0 Å². The first-order valence-corrected chi connectivity index (χ1v) is 6.15. The number of aromatic nitrogens is 1. The summed E-state index contributed by atoms with van der Waals surface area (Å²) < 4.78 is 0. The first-order valence-electron chi connectivity index (χ1n) is 6.15. The molecule has 1 N–H and O–H groups in total. The predicted molar refractivity (Wildman–Crippen MR) is 68.7 cm³/mol. The minimum atomic E-state index is -1.38. The number of nitrogens with one attached hydrogen (secondary N) is 1. The van der Waals surface area contributed by atoms with E-state index in [9.17, 15) is 5.11 Å². The summed E-state index contributed by atoms with van der Waals surface area (Å²) in [6, 6.07) is 9.79. The molecule has 1 heterocycles. The summed E-state index contributed by atoms with van der Waals surface area (Å²) in [7, 11) is 0. The van der Waals surface area contributed by atoms with Gasteiger partial charge in [0, 0.05) is 18.4 Å². The van der Waals surface area contributed by atoms with Crippen LogP contribution >= 0.6 is 0 Å². The molecule has 1 aliphatic rings. The van der Waals surface area contributed by atoms with Crippen LogP contribution in [0.15, 0.2) is 42.7 Å². The fourth-order valence-corrected chi connectivity index (χ4v) is 2.64. The molecule has 0 saturated carbocycles. The molecule has 0 bridgehead atoms. The number of fused-ring (bicyclic) bond motifs is 3. The van der Waals surface area contributed by atoms with Gasteiger partial charge < -0.3 is 10.4 Å². The number of pyridine rings is 1. The molecule has 0 spiro atoms. The van der Waals surface area contributed by atoms with Crippen molar-refractivity contribution in [1.29, 1.82) is 0 Å². The first-order chi connectivity index (χ1) is 8.63. The van der Waals surface area contributed by atoms with Gasteiger partial charge in [-0.25, -0.2) is 0 Å². The van der Waals surface area contributed by atoms with E-state index in [4.69, 9.17) is 0 Å². The molecule has 1 unspecified atom stereocenters. The third-order valence-electron chi connectivity index (χ3n) is 3.29. The Bertz CT molecular complexity index is 553. The van der Waals surface area contributed by atoms with Crippen LogP contribution in [0.1, 0.15) is 25.0 Å². The monoisotopic (exact) mass is 246 g/mol. The Hall–Kier alpha value is -1.11. The maximum Gasteiger partial charge on any atom is 1.00 e. The molecular weight excluding hydrogens is 231 g/mol. The molecule has 2 aromatic rings. The van der Waals surface area contributed by atoms with Crippen molar-refractivity contribution in [3.8, 4) is 11.1 Å². The van der Waals surface area contributed by atoms with Crippen LogP contribution in [0, 0.1) is 0 Å². The van der Waals surface area contributed by atoms with Gasteiger partial charge in [0.1, 0.15) is 0 Å². The van der Waals surface area contributed by atoms with Crippen molar-refractivity contribution in [2.24, 2.45) is 0 Å². The third kappa shape index (κ3) is 2.13. The fourth-order valence-electron chi connectivity index (χ4n) is 2.64. The molecule has 92 valence electrons. The minimum Gasteiger partial charge on any atom is -0.831 e. The number of rotatable bonds is 2. The van der Waals surface area contributed by atoms with E-state index in [2.05, 4.69) is 10.3 Å². The van der Waals surface area contributed by atoms with Crippen molar-refractivity contribution in [3.63, 3.8) is 0 Å². The maximum absolute atomic E-state index is 13.2. The van der Waals surface area contributed by atoms with Gasteiger partial charge >= 0.3 is 18.9 Å². The van der Waals surface area contributed by atoms with Gasteiger partial charge in [-0.15, -0.1) is 0 Å². The number of hydrogen-bond acceptors (Lipinski definition) is 3. The van der Waals surface area contributed by atoms with Gasteiger partial charge in [0.05, 0.1) is 0 Å². The fraction of sp³-hybridized carbons (Fsp3) is 0.267. The molecule has 1 aromatic carbocycles. The number of hydrogen-bond donors (Lipinski definition) is 1. The van der Waals surface area contributed by atoms with Crippen LogP contribution in [0.25, 0.3) is 11.1 Å². The molecule has 0 fully saturated rings. The molecule has 0 saturated heterocycles. The van der Waals surface area contributed by atoms with Crippen LogP contribution in [0.5, 0.6) is 0 Å². The average Bonchev–Trinajstić information content (AvgIpc) is 2.61. The van der Waals surface area contributed by atoms with Crippen molar-refractivity contribution in [1.82, 2.24) is 10.3 Å². The van der Waals surface area contributed by atoms with Crippen molar-refractivity contribution >= 4 is 0 Å². The molecule has 4 heteroatoms. The van der Waals surface area contributed by atoms with Gasteiger partial charge in [-0.3, -0.25) is 4.98 Å². The summed E-state index contributed by atoms with van der Waals surface area (Å²) in [4.78, 5) is 4.10. The van der Waals surface area contributed by atoms with E-state index in [1.54, 1.807) is 12.4 Å². The van der Waals surface area contributed by atoms with E-state index in [0.717, 1.165) is 22.3 Å². The van der Waals surface area contributed by atoms with Crippen LogP contribution < -0.4 is 29.3 Å². The second kappa shape index (κ2) is 5.11. The molecule has 0 aliphatic heterocycles. The quantitative estimate of drug-likeness (QED) is 0.525. The van der Waals surface area contributed by atoms with E-state index < -0.39 is 5.72 Å². The van der Waals surface area contributed by atoms with E-state index in [-0.39, 0.29) is 24.9 Å². The Labute approximate surface area is 125 Å². The van der Waals surface area contributed by atoms with Crippen LogP contribution in [0.3, 0.4) is 0 Å². The summed E-state index contributed by atoms with van der Waals surface area (Å²) in [6.45, 7) is 3.97. The molecule has 1 atom stereocenters. The zero-order valence-electron chi connectivity index (χ0n) is 11.5. The average molecular weight is 246 g/mol. The number of benzene rings is 1. The smallest absolute Gasteiger partial charge is 0.831 e. The van der Waals surface area contributed by atoms with Gasteiger partial charge in [0.15, 0.2) is 0 Å². The molecule has 0 amide bonds. The standard InChI is InChI=1S/C15H15N2O.Li/c1-10(2)17-15(18)13-6-4-3-5-11(13)12-7-8-16-9-14(12)15;/h3-10,17H,1-2H3;/q-1;+1. The summed E-state index contributed by atoms with van der Waals surface area (Å²) in [6.07, 6.45) is 3.41. The third-order valence-corrected chi connectivity index (χ3v) is 3.29. The predicted octanol–water partition coefficient (Wildman–Crippen LogP) is -1.37. The van der Waals surface area contributed by atoms with Gasteiger partial charge in [-0.2, -0.15) is 0 Å². The Kier molecular flexibility index (Phi) is 3.84. The second-order valence-electron chi connectivity index (χ2n) is 4.95. The van der Waals surface area contributed by atoms with E-state index >= 15 is 0 Å². The zero-order chi connectivity index (χ0) is 12.8. The van der Waals surface area contributed by atoms with E-state index in [1.807, 2.05) is 44.2 Å². The Morgan fingerprint density at radius 3 is 2.53 bits per heavy atom. The molecule has 0 radical (unpaired) electrons. The van der Waals surface area contributed by atoms with E-state index in [1.165, 1.54) is 0 Å². The van der Waals surface area contributed by atoms with Crippen molar-refractivity contribution in [3.05, 3.63) is 53.9 Å². The molecular formula is C15H15LiN2O. The minimum absolute atomic E-state index is 0. The molecule has 3 rings (SSSR count). The SMILES string of the molecule is CC(C)NC1([O-])c2ccccc2-c2ccncc21.[Li+]. The molecule has 3 nitrogen and oxygen atoms in total. The summed E-state index contributed by atoms with van der Waals surface area (Å²) in [5.41, 5.74) is 2.14. The zero-order valence-corrected chi connectivity index (χ0v) is 11.5. The van der Waals surface area contributed by atoms with Crippen LogP contribution in [0.2, 0.25) is 0 Å². The van der Waals surface area contributed by atoms with Crippen LogP contribution in [-0.2, 0) is 5.72 Å². The van der Waals surface area contributed by atoms with Crippen molar-refractivity contribution in [2.45, 2.75) is 25.6 Å². The van der Waals surface area contributed by atoms with Gasteiger partial charge in [-0.1, -0.05) is 38.1 Å². The Balaban J connectivity index is 0.00000133. The summed E-state index contributed by atoms with van der Waals surface area (Å²) in [5.74, 6) is 0. The topological polar surface area (TPSA) is 48.0 Å². The number of nitrogens with zero attached hydrogens (tertiary/aromatic N) is 1. The summed E-state index contributed by atoms with van der Waals surface area (Å²) in [5, 5.41) is 16.3. The first kappa shape index (κ1) is 14.3.